The second kappa shape index (κ2) is 7.19. The van der Waals surface area contributed by atoms with Crippen molar-refractivity contribution in [2.45, 2.75) is 38.0 Å². The maximum Gasteiger partial charge on any atom is 0.256 e. The highest BCUT2D eigenvalue weighted by atomic mass is 32.2. The Morgan fingerprint density at radius 3 is 2.82 bits per heavy atom. The van der Waals surface area contributed by atoms with Gasteiger partial charge < -0.3 is 10.6 Å². The summed E-state index contributed by atoms with van der Waals surface area (Å²) in [6.07, 6.45) is 7.25. The van der Waals surface area contributed by atoms with Crippen LogP contribution in [0.5, 0.6) is 0 Å². The van der Waals surface area contributed by atoms with Gasteiger partial charge in [-0.15, -0.1) is 0 Å². The molecule has 9 nitrogen and oxygen atoms in total. The molecule has 146 valence electrons. The first-order valence-corrected chi connectivity index (χ1v) is 10.5. The normalized spacial score (nSPS) is 14.8. The van der Waals surface area contributed by atoms with Gasteiger partial charge in [0.25, 0.3) is 10.0 Å². The van der Waals surface area contributed by atoms with Crippen LogP contribution in [0.1, 0.15) is 28.1 Å². The highest BCUT2D eigenvalue weighted by molar-refractivity contribution is 7.90. The molecule has 1 aliphatic rings. The van der Waals surface area contributed by atoms with Crippen LogP contribution >= 0.6 is 0 Å². The Kier molecular flexibility index (Phi) is 4.40. The highest BCUT2D eigenvalue weighted by Gasteiger charge is 2.37. The van der Waals surface area contributed by atoms with E-state index >= 15 is 0 Å². The van der Waals surface area contributed by atoms with Crippen LogP contribution in [0.2, 0.25) is 0 Å². The van der Waals surface area contributed by atoms with Gasteiger partial charge in [0.15, 0.2) is 5.82 Å². The fraction of sp³-hybridized carbons (Fsp3) is 0.333. The van der Waals surface area contributed by atoms with Gasteiger partial charge >= 0.3 is 0 Å². The summed E-state index contributed by atoms with van der Waals surface area (Å²) >= 11 is 0. The molecule has 1 aliphatic carbocycles. The van der Waals surface area contributed by atoms with Gasteiger partial charge in [0, 0.05) is 30.2 Å². The van der Waals surface area contributed by atoms with Crippen LogP contribution in [0.15, 0.2) is 43.0 Å². The van der Waals surface area contributed by atoms with Gasteiger partial charge in [0.2, 0.25) is 0 Å². The van der Waals surface area contributed by atoms with Crippen LogP contribution in [0.25, 0.3) is 11.4 Å². The first-order valence-electron chi connectivity index (χ1n) is 9.45. The topological polar surface area (TPSA) is 115 Å². The zero-order valence-corrected chi connectivity index (χ0v) is 16.3. The number of rotatable bonds is 7. The predicted octanol–water partition coefficient (Wildman–Crippen LogP) is 2.64. The number of anilines is 3. The lowest BCUT2D eigenvalue weighted by Crippen LogP contribution is -2.17. The molecule has 0 bridgehead atoms. The zero-order chi connectivity index (χ0) is 20.6. The van der Waals surface area contributed by atoms with Gasteiger partial charge in [-0.2, -0.15) is 9.19 Å². The van der Waals surface area contributed by atoms with E-state index < -0.39 is 10.0 Å². The molecule has 0 atom stereocenters. The second-order valence-electron chi connectivity index (χ2n) is 6.88. The first-order chi connectivity index (χ1) is 13.8. The maximum atomic E-state index is 12.3. The van der Waals surface area contributed by atoms with Crippen molar-refractivity contribution in [2.75, 3.05) is 10.6 Å². The van der Waals surface area contributed by atoms with E-state index in [1.54, 1.807) is 18.3 Å². The van der Waals surface area contributed by atoms with Gasteiger partial charge in [0.05, 0.1) is 24.6 Å². The SMILES string of the molecule is [2H]c1cnc(Nc2ccnc(-c3cnn(S(=O)(=O)C4CC4)c3)n2)cc1NC(C)C. The average Bonchev–Trinajstić information content (AvgIpc) is 3.42. The van der Waals surface area contributed by atoms with Crippen molar-refractivity contribution < 1.29 is 9.79 Å². The van der Waals surface area contributed by atoms with Crippen LogP contribution in [0.3, 0.4) is 0 Å². The Labute approximate surface area is 164 Å². The molecule has 0 aromatic carbocycles. The smallest absolute Gasteiger partial charge is 0.256 e. The first kappa shape index (κ1) is 17.1. The van der Waals surface area contributed by atoms with Crippen LogP contribution in [0.4, 0.5) is 17.3 Å². The monoisotopic (exact) mass is 400 g/mol. The molecule has 1 fully saturated rings. The van der Waals surface area contributed by atoms with Crippen molar-refractivity contribution in [3.05, 3.63) is 43.0 Å². The summed E-state index contributed by atoms with van der Waals surface area (Å²) in [6, 6.07) is 3.91. The number of nitrogens with one attached hydrogen (secondary N) is 2. The van der Waals surface area contributed by atoms with E-state index in [4.69, 9.17) is 1.37 Å². The van der Waals surface area contributed by atoms with E-state index in [-0.39, 0.29) is 11.3 Å². The molecule has 2 N–H and O–H groups in total. The summed E-state index contributed by atoms with van der Waals surface area (Å²) in [5.41, 5.74) is 1.17. The molecule has 0 saturated heterocycles. The molecular formula is C18H21N7O2S. The summed E-state index contributed by atoms with van der Waals surface area (Å²) < 4.78 is 33.5. The van der Waals surface area contributed by atoms with Crippen LogP contribution in [-0.4, -0.2) is 43.8 Å². The lowest BCUT2D eigenvalue weighted by Gasteiger charge is -2.11. The van der Waals surface area contributed by atoms with Crippen molar-refractivity contribution in [3.8, 4) is 11.4 Å². The van der Waals surface area contributed by atoms with E-state index in [0.29, 0.717) is 47.6 Å². The van der Waals surface area contributed by atoms with Crippen LogP contribution < -0.4 is 10.6 Å². The highest BCUT2D eigenvalue weighted by Crippen LogP contribution is 2.30. The third-order valence-corrected chi connectivity index (χ3v) is 6.12. The molecule has 3 aromatic rings. The Balaban J connectivity index is 1.56. The Hall–Kier alpha value is -3.01. The third kappa shape index (κ3) is 3.96. The zero-order valence-electron chi connectivity index (χ0n) is 16.5. The molecular weight excluding hydrogens is 378 g/mol. The van der Waals surface area contributed by atoms with Crippen LogP contribution in [-0.2, 0) is 10.0 Å². The summed E-state index contributed by atoms with van der Waals surface area (Å²) in [5.74, 6) is 1.37. The average molecular weight is 400 g/mol. The molecule has 3 aromatic heterocycles. The van der Waals surface area contributed by atoms with E-state index in [2.05, 4.69) is 30.7 Å². The van der Waals surface area contributed by atoms with E-state index in [9.17, 15) is 8.42 Å². The fourth-order valence-electron chi connectivity index (χ4n) is 2.63. The maximum absolute atomic E-state index is 12.3. The molecule has 0 aliphatic heterocycles. The van der Waals surface area contributed by atoms with E-state index in [0.717, 1.165) is 4.09 Å². The number of pyridine rings is 1. The van der Waals surface area contributed by atoms with Crippen LogP contribution in [0, 0.1) is 0 Å². The minimum absolute atomic E-state index is 0.184. The lowest BCUT2D eigenvalue weighted by atomic mass is 10.3. The summed E-state index contributed by atoms with van der Waals surface area (Å²) in [4.78, 5) is 12.9. The molecule has 28 heavy (non-hydrogen) atoms. The third-order valence-electron chi connectivity index (χ3n) is 4.09. The molecule has 0 amide bonds. The standard InChI is InChI=1S/C18H21N7O2S/c1-12(2)22-14-5-7-19-17(9-14)23-16-6-8-20-18(24-16)13-10-21-25(11-13)28(26,27)15-3-4-15/h5-12,15H,3-4H2,1-2H3,(H2,19,20,22,23,24)/i5D. The quantitative estimate of drug-likeness (QED) is 0.622. The molecule has 0 unspecified atom stereocenters. The molecule has 10 heteroatoms. The number of hydrogen-bond donors (Lipinski definition) is 2. The Morgan fingerprint density at radius 1 is 1.25 bits per heavy atom. The van der Waals surface area contributed by atoms with Gasteiger partial charge in [-0.1, -0.05) is 0 Å². The predicted molar refractivity (Wildman–Crippen MR) is 107 cm³/mol. The summed E-state index contributed by atoms with van der Waals surface area (Å²) in [5, 5.41) is 9.92. The molecule has 1 saturated carbocycles. The van der Waals surface area contributed by atoms with Crippen molar-refractivity contribution >= 4 is 27.3 Å². The second-order valence-corrected chi connectivity index (χ2v) is 8.95. The van der Waals surface area contributed by atoms with E-state index in [1.165, 1.54) is 18.6 Å². The molecule has 0 radical (unpaired) electrons. The molecule has 4 rings (SSSR count). The van der Waals surface area contributed by atoms with E-state index in [1.807, 2.05) is 13.8 Å². The van der Waals surface area contributed by atoms with Crippen molar-refractivity contribution in [1.29, 1.82) is 0 Å². The minimum atomic E-state index is -3.43. The Bertz CT molecular complexity index is 1140. The van der Waals surface area contributed by atoms with Crippen molar-refractivity contribution in [1.82, 2.24) is 24.1 Å². The van der Waals surface area contributed by atoms with Crippen molar-refractivity contribution in [2.24, 2.45) is 0 Å². The number of aromatic nitrogens is 5. The van der Waals surface area contributed by atoms with Gasteiger partial charge in [-0.3, -0.25) is 0 Å². The van der Waals surface area contributed by atoms with Gasteiger partial charge in [0.1, 0.15) is 11.6 Å². The fourth-order valence-corrected chi connectivity index (χ4v) is 4.10. The largest absolute Gasteiger partial charge is 0.383 e. The van der Waals surface area contributed by atoms with Gasteiger partial charge in [-0.25, -0.2) is 23.4 Å². The number of hydrogen-bond acceptors (Lipinski definition) is 8. The summed E-state index contributed by atoms with van der Waals surface area (Å²) in [6.45, 7) is 3.99. The Morgan fingerprint density at radius 2 is 2.07 bits per heavy atom. The molecule has 0 spiro atoms. The van der Waals surface area contributed by atoms with Gasteiger partial charge in [-0.05, 0) is 38.8 Å². The van der Waals surface area contributed by atoms with Crippen molar-refractivity contribution in [3.63, 3.8) is 0 Å². The minimum Gasteiger partial charge on any atom is -0.383 e. The number of nitrogens with zero attached hydrogens (tertiary/aromatic N) is 5. The molecule has 3 heterocycles. The summed E-state index contributed by atoms with van der Waals surface area (Å²) in [7, 11) is -3.43. The lowest BCUT2D eigenvalue weighted by molar-refractivity contribution is 0.578.